The molecule has 0 aromatic heterocycles. The van der Waals surface area contributed by atoms with Crippen molar-refractivity contribution >= 4 is 23.6 Å². The van der Waals surface area contributed by atoms with E-state index in [1.54, 1.807) is 0 Å². The molecule has 120 valence electrons. The standard InChI is InChI=1S/C16H28N2O2S/c1-10(2)12-14(19)17-13(16(3,4)5)15(20)18(12)8-11-6-7-21-9-11/h10-13H,6-9H2,1-5H3,(H,17,19). The number of hydrogen-bond donors (Lipinski definition) is 1. The first-order valence-corrected chi connectivity index (χ1v) is 9.06. The first kappa shape index (κ1) is 16.7. The zero-order chi connectivity index (χ0) is 15.8. The lowest BCUT2D eigenvalue weighted by Crippen LogP contribution is -2.68. The summed E-state index contributed by atoms with van der Waals surface area (Å²) in [6, 6.07) is -0.726. The summed E-state index contributed by atoms with van der Waals surface area (Å²) in [5, 5.41) is 2.96. The van der Waals surface area contributed by atoms with E-state index in [1.165, 1.54) is 5.75 Å². The summed E-state index contributed by atoms with van der Waals surface area (Å²) in [6.07, 6.45) is 1.15. The Labute approximate surface area is 132 Å². The van der Waals surface area contributed by atoms with E-state index in [2.05, 4.69) is 5.32 Å². The lowest BCUT2D eigenvalue weighted by molar-refractivity contribution is -0.154. The fourth-order valence-electron chi connectivity index (χ4n) is 3.19. The number of rotatable bonds is 3. The highest BCUT2D eigenvalue weighted by Gasteiger charge is 2.46. The highest BCUT2D eigenvalue weighted by atomic mass is 32.2. The fraction of sp³-hybridized carbons (Fsp3) is 0.875. The smallest absolute Gasteiger partial charge is 0.246 e. The molecule has 2 saturated heterocycles. The Kier molecular flexibility index (Phi) is 4.91. The third-order valence-electron chi connectivity index (χ3n) is 4.40. The second-order valence-corrected chi connectivity index (χ2v) is 8.87. The Morgan fingerprint density at radius 2 is 2.00 bits per heavy atom. The Balaban J connectivity index is 2.23. The van der Waals surface area contributed by atoms with E-state index < -0.39 is 6.04 Å². The van der Waals surface area contributed by atoms with Crippen LogP contribution in [0.25, 0.3) is 0 Å². The number of thioether (sulfide) groups is 1. The molecule has 0 spiro atoms. The van der Waals surface area contributed by atoms with Gasteiger partial charge < -0.3 is 10.2 Å². The van der Waals surface area contributed by atoms with Crippen LogP contribution in [-0.4, -0.2) is 46.8 Å². The van der Waals surface area contributed by atoms with E-state index in [1.807, 2.05) is 51.3 Å². The van der Waals surface area contributed by atoms with Gasteiger partial charge in [0.25, 0.3) is 0 Å². The van der Waals surface area contributed by atoms with Crippen molar-refractivity contribution in [3.8, 4) is 0 Å². The maximum atomic E-state index is 12.9. The summed E-state index contributed by atoms with van der Waals surface area (Å²) in [4.78, 5) is 27.3. The van der Waals surface area contributed by atoms with Crippen molar-refractivity contribution in [3.05, 3.63) is 0 Å². The van der Waals surface area contributed by atoms with Gasteiger partial charge in [-0.1, -0.05) is 34.6 Å². The van der Waals surface area contributed by atoms with Crippen molar-refractivity contribution in [2.75, 3.05) is 18.1 Å². The molecule has 2 fully saturated rings. The second kappa shape index (κ2) is 6.19. The van der Waals surface area contributed by atoms with Gasteiger partial charge in [-0.05, 0) is 35.2 Å². The summed E-state index contributed by atoms with van der Waals surface area (Å²) in [5.41, 5.74) is -0.253. The molecule has 0 saturated carbocycles. The Hall–Kier alpha value is -0.710. The molecule has 5 heteroatoms. The van der Waals surface area contributed by atoms with Crippen LogP contribution >= 0.6 is 11.8 Å². The molecular formula is C16H28N2O2S. The number of nitrogens with zero attached hydrogens (tertiary/aromatic N) is 1. The topological polar surface area (TPSA) is 49.4 Å². The molecule has 4 nitrogen and oxygen atoms in total. The number of amides is 2. The SMILES string of the molecule is CC(C)C1C(=O)NC(C(C)(C)C)C(=O)N1CC1CCSC1. The molecule has 3 unspecified atom stereocenters. The normalized spacial score (nSPS) is 31.0. The summed E-state index contributed by atoms with van der Waals surface area (Å²) in [5.74, 6) is 3.06. The zero-order valence-electron chi connectivity index (χ0n) is 13.8. The van der Waals surface area contributed by atoms with Gasteiger partial charge in [0.2, 0.25) is 11.8 Å². The van der Waals surface area contributed by atoms with Crippen molar-refractivity contribution in [1.29, 1.82) is 0 Å². The van der Waals surface area contributed by atoms with Crippen molar-refractivity contribution in [2.45, 2.75) is 53.1 Å². The van der Waals surface area contributed by atoms with Gasteiger partial charge in [-0.3, -0.25) is 9.59 Å². The molecule has 0 aromatic rings. The molecule has 0 aromatic carbocycles. The third kappa shape index (κ3) is 3.55. The van der Waals surface area contributed by atoms with Gasteiger partial charge in [0, 0.05) is 6.54 Å². The van der Waals surface area contributed by atoms with Crippen LogP contribution in [0, 0.1) is 17.3 Å². The van der Waals surface area contributed by atoms with Crippen LogP contribution in [0.1, 0.15) is 41.0 Å². The molecule has 0 aliphatic carbocycles. The lowest BCUT2D eigenvalue weighted by Gasteiger charge is -2.45. The zero-order valence-corrected chi connectivity index (χ0v) is 14.6. The second-order valence-electron chi connectivity index (χ2n) is 7.72. The molecule has 2 aliphatic rings. The third-order valence-corrected chi connectivity index (χ3v) is 5.63. The number of nitrogens with one attached hydrogen (secondary N) is 1. The first-order valence-electron chi connectivity index (χ1n) is 7.90. The molecule has 2 rings (SSSR count). The fourth-order valence-corrected chi connectivity index (χ4v) is 4.46. The Morgan fingerprint density at radius 3 is 2.48 bits per heavy atom. The van der Waals surface area contributed by atoms with Crippen LogP contribution < -0.4 is 5.32 Å². The van der Waals surface area contributed by atoms with Crippen molar-refractivity contribution in [1.82, 2.24) is 10.2 Å². The van der Waals surface area contributed by atoms with E-state index in [4.69, 9.17) is 0 Å². The molecule has 0 bridgehead atoms. The van der Waals surface area contributed by atoms with Gasteiger partial charge >= 0.3 is 0 Å². The van der Waals surface area contributed by atoms with Crippen LogP contribution in [0.15, 0.2) is 0 Å². The van der Waals surface area contributed by atoms with Gasteiger partial charge in [-0.2, -0.15) is 11.8 Å². The van der Waals surface area contributed by atoms with E-state index in [0.717, 1.165) is 18.7 Å². The summed E-state index contributed by atoms with van der Waals surface area (Å²) in [6.45, 7) is 10.8. The summed E-state index contributed by atoms with van der Waals surface area (Å²) >= 11 is 1.95. The molecule has 2 aliphatic heterocycles. The molecule has 1 N–H and O–H groups in total. The molecule has 2 amide bonds. The van der Waals surface area contributed by atoms with Crippen LogP contribution in [0.4, 0.5) is 0 Å². The maximum Gasteiger partial charge on any atom is 0.246 e. The van der Waals surface area contributed by atoms with Crippen LogP contribution in [0.5, 0.6) is 0 Å². The van der Waals surface area contributed by atoms with E-state index in [0.29, 0.717) is 5.92 Å². The average Bonchev–Trinajstić information content (AvgIpc) is 2.84. The van der Waals surface area contributed by atoms with Gasteiger partial charge in [0.15, 0.2) is 0 Å². The minimum absolute atomic E-state index is 0.00942. The number of hydrogen-bond acceptors (Lipinski definition) is 3. The van der Waals surface area contributed by atoms with Gasteiger partial charge in [0.05, 0.1) is 0 Å². The van der Waals surface area contributed by atoms with E-state index >= 15 is 0 Å². The molecule has 21 heavy (non-hydrogen) atoms. The van der Waals surface area contributed by atoms with Gasteiger partial charge in [-0.15, -0.1) is 0 Å². The largest absolute Gasteiger partial charge is 0.342 e. The Morgan fingerprint density at radius 1 is 1.33 bits per heavy atom. The average molecular weight is 312 g/mol. The highest BCUT2D eigenvalue weighted by Crippen LogP contribution is 2.30. The number of carbonyl (C=O) groups is 2. The van der Waals surface area contributed by atoms with Gasteiger partial charge in [-0.25, -0.2) is 0 Å². The van der Waals surface area contributed by atoms with Crippen molar-refractivity contribution < 1.29 is 9.59 Å². The summed E-state index contributed by atoms with van der Waals surface area (Å²) < 4.78 is 0. The predicted octanol–water partition coefficient (Wildman–Crippen LogP) is 2.14. The summed E-state index contributed by atoms with van der Waals surface area (Å²) in [7, 11) is 0. The molecular weight excluding hydrogens is 284 g/mol. The van der Waals surface area contributed by atoms with Gasteiger partial charge in [0.1, 0.15) is 12.1 Å². The quantitative estimate of drug-likeness (QED) is 0.868. The van der Waals surface area contributed by atoms with Crippen LogP contribution in [0.2, 0.25) is 0 Å². The first-order chi connectivity index (χ1) is 9.71. The number of carbonyl (C=O) groups excluding carboxylic acids is 2. The predicted molar refractivity (Wildman–Crippen MR) is 87.2 cm³/mol. The van der Waals surface area contributed by atoms with Crippen LogP contribution in [0.3, 0.4) is 0 Å². The Bertz CT molecular complexity index is 411. The minimum Gasteiger partial charge on any atom is -0.342 e. The van der Waals surface area contributed by atoms with Crippen molar-refractivity contribution in [3.63, 3.8) is 0 Å². The monoisotopic (exact) mass is 312 g/mol. The maximum absolute atomic E-state index is 12.9. The minimum atomic E-state index is -0.408. The molecule has 3 atom stereocenters. The lowest BCUT2D eigenvalue weighted by atomic mass is 9.82. The number of piperazine rings is 1. The van der Waals surface area contributed by atoms with E-state index in [9.17, 15) is 9.59 Å². The molecule has 0 radical (unpaired) electrons. The molecule has 2 heterocycles. The highest BCUT2D eigenvalue weighted by molar-refractivity contribution is 7.99. The van der Waals surface area contributed by atoms with Crippen LogP contribution in [-0.2, 0) is 9.59 Å². The van der Waals surface area contributed by atoms with Crippen molar-refractivity contribution in [2.24, 2.45) is 17.3 Å². The van der Waals surface area contributed by atoms with E-state index in [-0.39, 0.29) is 29.2 Å².